The van der Waals surface area contributed by atoms with Crippen LogP contribution in [0.15, 0.2) is 0 Å². The molecule has 2 rings (SSSR count). The number of carbonyl (C=O) groups is 1. The zero-order valence-corrected chi connectivity index (χ0v) is 12.0. The van der Waals surface area contributed by atoms with Gasteiger partial charge in [-0.3, -0.25) is 4.79 Å². The number of tetrazole rings is 1. The summed E-state index contributed by atoms with van der Waals surface area (Å²) in [5.74, 6) is 1.14. The fraction of sp³-hybridized carbons (Fsp3) is 0.846. The van der Waals surface area contributed by atoms with Gasteiger partial charge in [-0.1, -0.05) is 19.8 Å². The Labute approximate surface area is 118 Å². The smallest absolute Gasteiger partial charge is 0.306 e. The number of rotatable bonds is 6. The molecule has 0 radical (unpaired) electrons. The van der Waals surface area contributed by atoms with Gasteiger partial charge in [-0.25, -0.2) is 4.68 Å². The van der Waals surface area contributed by atoms with E-state index >= 15 is 0 Å². The van der Waals surface area contributed by atoms with Crippen LogP contribution in [0.2, 0.25) is 0 Å². The summed E-state index contributed by atoms with van der Waals surface area (Å²) in [4.78, 5) is 10.8. The van der Waals surface area contributed by atoms with Crippen molar-refractivity contribution in [1.82, 2.24) is 20.2 Å². The first-order valence-corrected chi connectivity index (χ1v) is 7.10. The topological polar surface area (TPSA) is 90.1 Å². The fourth-order valence-corrected chi connectivity index (χ4v) is 2.76. The Balaban J connectivity index is 2.02. The number of carboxylic acids is 1. The summed E-state index contributed by atoms with van der Waals surface area (Å²) in [5, 5.41) is 20.7. The third kappa shape index (κ3) is 3.75. The minimum absolute atomic E-state index is 0.0441. The van der Waals surface area contributed by atoms with E-state index in [4.69, 9.17) is 9.84 Å². The highest BCUT2D eigenvalue weighted by atomic mass is 16.5. The molecular weight excluding hydrogens is 260 g/mol. The van der Waals surface area contributed by atoms with Crippen molar-refractivity contribution in [3.63, 3.8) is 0 Å². The number of hydrogen-bond acceptors (Lipinski definition) is 5. The summed E-state index contributed by atoms with van der Waals surface area (Å²) in [7, 11) is 1.51. The summed E-state index contributed by atoms with van der Waals surface area (Å²) in [6, 6.07) is 0. The van der Waals surface area contributed by atoms with Gasteiger partial charge in [-0.05, 0) is 29.2 Å². The van der Waals surface area contributed by atoms with Crippen LogP contribution in [-0.4, -0.2) is 44.5 Å². The number of nitrogens with zero attached hydrogens (tertiary/aromatic N) is 4. The van der Waals surface area contributed by atoms with E-state index < -0.39 is 12.1 Å². The zero-order valence-electron chi connectivity index (χ0n) is 12.0. The van der Waals surface area contributed by atoms with Gasteiger partial charge >= 0.3 is 5.97 Å². The van der Waals surface area contributed by atoms with Crippen LogP contribution in [-0.2, 0) is 16.1 Å². The average Bonchev–Trinajstić information content (AvgIpc) is 2.86. The second-order valence-electron chi connectivity index (χ2n) is 5.63. The van der Waals surface area contributed by atoms with Crippen LogP contribution >= 0.6 is 0 Å². The molecule has 1 aliphatic rings. The molecule has 0 aromatic carbocycles. The van der Waals surface area contributed by atoms with Gasteiger partial charge in [0.05, 0.1) is 19.1 Å². The Hall–Kier alpha value is -1.50. The summed E-state index contributed by atoms with van der Waals surface area (Å²) in [6.45, 7) is 2.66. The van der Waals surface area contributed by atoms with Crippen molar-refractivity contribution < 1.29 is 14.6 Å². The lowest BCUT2D eigenvalue weighted by molar-refractivity contribution is -0.140. The third-order valence-corrected chi connectivity index (χ3v) is 4.05. The maximum atomic E-state index is 10.8. The van der Waals surface area contributed by atoms with Gasteiger partial charge in [-0.15, -0.1) is 5.10 Å². The molecule has 0 bridgehead atoms. The number of carboxylic acid groups (broad SMARTS) is 1. The molecule has 0 saturated heterocycles. The maximum absolute atomic E-state index is 10.8. The van der Waals surface area contributed by atoms with E-state index in [-0.39, 0.29) is 6.42 Å². The number of aromatic nitrogens is 4. The molecule has 7 heteroatoms. The molecular formula is C13H22N4O3. The summed E-state index contributed by atoms with van der Waals surface area (Å²) >= 11 is 0. The molecule has 1 atom stereocenters. The summed E-state index contributed by atoms with van der Waals surface area (Å²) in [6.07, 6.45) is 4.13. The second kappa shape index (κ2) is 6.78. The normalized spacial score (nSPS) is 24.5. The minimum Gasteiger partial charge on any atom is -0.481 e. The van der Waals surface area contributed by atoms with Crippen LogP contribution in [0.1, 0.15) is 50.8 Å². The van der Waals surface area contributed by atoms with Crippen molar-refractivity contribution >= 4 is 5.97 Å². The van der Waals surface area contributed by atoms with Gasteiger partial charge < -0.3 is 9.84 Å². The van der Waals surface area contributed by atoms with Gasteiger partial charge in [0.2, 0.25) is 0 Å². The van der Waals surface area contributed by atoms with E-state index in [1.165, 1.54) is 20.0 Å². The standard InChI is InChI=1S/C13H22N4O3/c1-9-3-5-10(6-4-9)13-14-15-16-17(13)8-11(20-2)7-12(18)19/h9-11H,3-8H2,1-2H3,(H,18,19). The Morgan fingerprint density at radius 2 is 2.15 bits per heavy atom. The number of aliphatic carboxylic acids is 1. The molecule has 7 nitrogen and oxygen atoms in total. The SMILES string of the molecule is COC(CC(=O)O)Cn1nnnc1C1CCC(C)CC1. The quantitative estimate of drug-likeness (QED) is 0.849. The van der Waals surface area contributed by atoms with Gasteiger partial charge in [0.25, 0.3) is 0 Å². The second-order valence-corrected chi connectivity index (χ2v) is 5.63. The zero-order chi connectivity index (χ0) is 14.5. The molecule has 0 amide bonds. The lowest BCUT2D eigenvalue weighted by Gasteiger charge is -2.25. The first-order chi connectivity index (χ1) is 9.60. The Bertz CT molecular complexity index is 441. The molecule has 1 aliphatic carbocycles. The first-order valence-electron chi connectivity index (χ1n) is 7.10. The molecule has 1 N–H and O–H groups in total. The lowest BCUT2D eigenvalue weighted by Crippen LogP contribution is -2.25. The molecule has 1 aromatic heterocycles. The monoisotopic (exact) mass is 282 g/mol. The van der Waals surface area contributed by atoms with Gasteiger partial charge in [0.15, 0.2) is 5.82 Å². The predicted octanol–water partition coefficient (Wildman–Crippen LogP) is 1.46. The van der Waals surface area contributed by atoms with Crippen molar-refractivity contribution in [2.75, 3.05) is 7.11 Å². The van der Waals surface area contributed by atoms with Crippen LogP contribution in [0.3, 0.4) is 0 Å². The first kappa shape index (κ1) is 14.9. The maximum Gasteiger partial charge on any atom is 0.306 e. The van der Waals surface area contributed by atoms with Crippen molar-refractivity contribution in [2.45, 2.75) is 57.6 Å². The van der Waals surface area contributed by atoms with E-state index in [1.54, 1.807) is 4.68 Å². The molecule has 0 aliphatic heterocycles. The van der Waals surface area contributed by atoms with E-state index in [0.29, 0.717) is 12.5 Å². The minimum atomic E-state index is -0.877. The molecule has 0 spiro atoms. The molecule has 20 heavy (non-hydrogen) atoms. The van der Waals surface area contributed by atoms with Crippen molar-refractivity contribution in [1.29, 1.82) is 0 Å². The predicted molar refractivity (Wildman–Crippen MR) is 71.2 cm³/mol. The van der Waals surface area contributed by atoms with Crippen LogP contribution in [0.25, 0.3) is 0 Å². The average molecular weight is 282 g/mol. The van der Waals surface area contributed by atoms with Gasteiger partial charge in [0.1, 0.15) is 0 Å². The molecule has 1 fully saturated rings. The van der Waals surface area contributed by atoms with Crippen LogP contribution < -0.4 is 0 Å². The Morgan fingerprint density at radius 3 is 2.75 bits per heavy atom. The summed E-state index contributed by atoms with van der Waals surface area (Å²) in [5.41, 5.74) is 0. The van der Waals surface area contributed by atoms with Gasteiger partial charge in [-0.2, -0.15) is 0 Å². The highest BCUT2D eigenvalue weighted by molar-refractivity contribution is 5.67. The Kier molecular flexibility index (Phi) is 5.05. The van der Waals surface area contributed by atoms with Crippen LogP contribution in [0.5, 0.6) is 0 Å². The largest absolute Gasteiger partial charge is 0.481 e. The number of ether oxygens (including phenoxy) is 1. The van der Waals surface area contributed by atoms with E-state index in [9.17, 15) is 4.79 Å². The summed E-state index contributed by atoms with van der Waals surface area (Å²) < 4.78 is 6.90. The van der Waals surface area contributed by atoms with Crippen molar-refractivity contribution in [3.8, 4) is 0 Å². The van der Waals surface area contributed by atoms with E-state index in [2.05, 4.69) is 22.4 Å². The highest BCUT2D eigenvalue weighted by Gasteiger charge is 2.25. The van der Waals surface area contributed by atoms with E-state index in [0.717, 1.165) is 24.6 Å². The molecule has 1 saturated carbocycles. The van der Waals surface area contributed by atoms with Gasteiger partial charge in [0, 0.05) is 13.0 Å². The fourth-order valence-electron chi connectivity index (χ4n) is 2.76. The highest BCUT2D eigenvalue weighted by Crippen LogP contribution is 2.34. The van der Waals surface area contributed by atoms with Crippen molar-refractivity contribution in [2.24, 2.45) is 5.92 Å². The van der Waals surface area contributed by atoms with Crippen LogP contribution in [0, 0.1) is 5.92 Å². The lowest BCUT2D eigenvalue weighted by atomic mass is 9.82. The molecule has 1 unspecified atom stereocenters. The third-order valence-electron chi connectivity index (χ3n) is 4.05. The molecule has 112 valence electrons. The Morgan fingerprint density at radius 1 is 1.45 bits per heavy atom. The van der Waals surface area contributed by atoms with Crippen LogP contribution in [0.4, 0.5) is 0 Å². The van der Waals surface area contributed by atoms with E-state index in [1.807, 2.05) is 0 Å². The molecule has 1 aromatic rings. The number of methoxy groups -OCH3 is 1. The van der Waals surface area contributed by atoms with Crippen molar-refractivity contribution in [3.05, 3.63) is 5.82 Å². The molecule has 1 heterocycles. The number of hydrogen-bond donors (Lipinski definition) is 1.